The maximum absolute atomic E-state index is 12.2. The van der Waals surface area contributed by atoms with Gasteiger partial charge in [-0.2, -0.15) is 0 Å². The first-order valence-corrected chi connectivity index (χ1v) is 6.63. The first-order valence-electron chi connectivity index (χ1n) is 6.63. The third-order valence-corrected chi connectivity index (χ3v) is 3.69. The lowest BCUT2D eigenvalue weighted by atomic mass is 9.90. The van der Waals surface area contributed by atoms with E-state index in [0.29, 0.717) is 19.4 Å². The van der Waals surface area contributed by atoms with Gasteiger partial charge in [0.1, 0.15) is 6.61 Å². The van der Waals surface area contributed by atoms with E-state index in [9.17, 15) is 14.4 Å². The number of hydrogen-bond acceptors (Lipinski definition) is 4. The molecule has 0 radical (unpaired) electrons. The molecule has 1 rings (SSSR count). The Kier molecular flexibility index (Phi) is 5.94. The highest BCUT2D eigenvalue weighted by molar-refractivity contribution is 5.86. The Morgan fingerprint density at radius 3 is 2.60 bits per heavy atom. The van der Waals surface area contributed by atoms with E-state index < -0.39 is 11.9 Å². The molecule has 1 saturated heterocycles. The zero-order chi connectivity index (χ0) is 15.3. The zero-order valence-electron chi connectivity index (χ0n) is 12.2. The van der Waals surface area contributed by atoms with Crippen LogP contribution >= 0.6 is 0 Å². The number of methoxy groups -OCH3 is 1. The number of likely N-dealkylation sites (tertiary alicyclic amines) is 1. The highest BCUT2D eigenvalue weighted by Crippen LogP contribution is 2.23. The summed E-state index contributed by atoms with van der Waals surface area (Å²) in [5.74, 6) is -1.91. The van der Waals surface area contributed by atoms with Gasteiger partial charge in [-0.15, -0.1) is 0 Å². The normalized spacial score (nSPS) is 22.4. The van der Waals surface area contributed by atoms with E-state index in [4.69, 9.17) is 9.84 Å². The van der Waals surface area contributed by atoms with Crippen molar-refractivity contribution in [3.05, 3.63) is 0 Å². The van der Waals surface area contributed by atoms with E-state index in [1.807, 2.05) is 0 Å². The van der Waals surface area contributed by atoms with Crippen LogP contribution in [-0.2, 0) is 19.1 Å². The predicted molar refractivity (Wildman–Crippen MR) is 71.0 cm³/mol. The zero-order valence-corrected chi connectivity index (χ0v) is 12.2. The molecule has 0 spiro atoms. The molecular weight excluding hydrogens is 264 g/mol. The topological polar surface area (TPSA) is 87.2 Å². The molecule has 1 aliphatic rings. The number of piperidine rings is 1. The first-order chi connectivity index (χ1) is 9.38. The summed E-state index contributed by atoms with van der Waals surface area (Å²) in [6, 6.07) is -0.348. The fraction of sp³-hybridized carbons (Fsp3) is 0.769. The van der Waals surface area contributed by atoms with E-state index in [-0.39, 0.29) is 31.0 Å². The van der Waals surface area contributed by atoms with Gasteiger partial charge in [-0.25, -0.2) is 0 Å². The van der Waals surface area contributed by atoms with Crippen molar-refractivity contribution >= 4 is 17.8 Å². The summed E-state index contributed by atoms with van der Waals surface area (Å²) < 4.78 is 4.73. The molecular formula is C13H22N2O5. The molecule has 2 amide bonds. The summed E-state index contributed by atoms with van der Waals surface area (Å²) in [5.41, 5.74) is 0. The fourth-order valence-corrected chi connectivity index (χ4v) is 2.44. The van der Waals surface area contributed by atoms with Gasteiger partial charge in [-0.1, -0.05) is 0 Å². The molecule has 114 valence electrons. The Labute approximate surface area is 118 Å². The number of carbonyl (C=O) groups excluding carboxylic acids is 2. The summed E-state index contributed by atoms with van der Waals surface area (Å²) in [7, 11) is 2.94. The van der Waals surface area contributed by atoms with E-state index in [2.05, 4.69) is 0 Å². The van der Waals surface area contributed by atoms with Crippen LogP contribution in [0.3, 0.4) is 0 Å². The van der Waals surface area contributed by atoms with Crippen molar-refractivity contribution < 1.29 is 24.2 Å². The van der Waals surface area contributed by atoms with Gasteiger partial charge in [0, 0.05) is 26.7 Å². The van der Waals surface area contributed by atoms with Crippen molar-refractivity contribution in [2.24, 2.45) is 5.92 Å². The molecule has 0 aliphatic carbocycles. The first kappa shape index (κ1) is 16.4. The number of carboxylic acid groups (broad SMARTS) is 1. The second-order valence-electron chi connectivity index (χ2n) is 5.10. The third kappa shape index (κ3) is 3.93. The standard InChI is InChI=1S/C13H22N2O5/c1-9-10(13(18)19)5-4-6-15(9)11(16)7-14(2)12(17)8-20-3/h9-10H,4-8H2,1-3H3,(H,18,19)/t9-,10-/m0/s1. The quantitative estimate of drug-likeness (QED) is 0.756. The smallest absolute Gasteiger partial charge is 0.308 e. The number of hydrogen-bond donors (Lipinski definition) is 1. The van der Waals surface area contributed by atoms with Crippen molar-refractivity contribution in [3.8, 4) is 0 Å². The molecule has 7 heteroatoms. The number of amides is 2. The predicted octanol–water partition coefficient (Wildman–Crippen LogP) is -0.197. The molecule has 1 heterocycles. The lowest BCUT2D eigenvalue weighted by Crippen LogP contribution is -2.52. The molecule has 7 nitrogen and oxygen atoms in total. The largest absolute Gasteiger partial charge is 0.481 e. The van der Waals surface area contributed by atoms with Gasteiger partial charge in [0.15, 0.2) is 0 Å². The van der Waals surface area contributed by atoms with Crippen LogP contribution in [-0.4, -0.2) is 72.6 Å². The van der Waals surface area contributed by atoms with Gasteiger partial charge >= 0.3 is 5.97 Å². The van der Waals surface area contributed by atoms with Crippen LogP contribution in [0.2, 0.25) is 0 Å². The van der Waals surface area contributed by atoms with Crippen LogP contribution < -0.4 is 0 Å². The minimum Gasteiger partial charge on any atom is -0.481 e. The lowest BCUT2D eigenvalue weighted by molar-refractivity contribution is -0.151. The summed E-state index contributed by atoms with van der Waals surface area (Å²) in [6.45, 7) is 2.15. The Balaban J connectivity index is 2.62. The molecule has 0 bridgehead atoms. The molecule has 0 aromatic carbocycles. The summed E-state index contributed by atoms with van der Waals surface area (Å²) in [6.07, 6.45) is 1.25. The Morgan fingerprint density at radius 1 is 1.40 bits per heavy atom. The number of nitrogens with zero attached hydrogens (tertiary/aromatic N) is 2. The van der Waals surface area contributed by atoms with Crippen molar-refractivity contribution in [2.45, 2.75) is 25.8 Å². The SMILES string of the molecule is COCC(=O)N(C)CC(=O)N1CCC[C@H](C(=O)O)[C@@H]1C. The molecule has 20 heavy (non-hydrogen) atoms. The van der Waals surface area contributed by atoms with Crippen molar-refractivity contribution in [1.29, 1.82) is 0 Å². The summed E-state index contributed by atoms with van der Waals surface area (Å²) in [5, 5.41) is 9.13. The van der Waals surface area contributed by atoms with Gasteiger partial charge in [-0.05, 0) is 19.8 Å². The molecule has 0 unspecified atom stereocenters. The lowest BCUT2D eigenvalue weighted by Gasteiger charge is -2.38. The molecule has 2 atom stereocenters. The van der Waals surface area contributed by atoms with E-state index >= 15 is 0 Å². The minimum atomic E-state index is -0.876. The summed E-state index contributed by atoms with van der Waals surface area (Å²) in [4.78, 5) is 37.7. The third-order valence-electron chi connectivity index (χ3n) is 3.69. The molecule has 0 aromatic rings. The summed E-state index contributed by atoms with van der Waals surface area (Å²) >= 11 is 0. The molecule has 1 fully saturated rings. The van der Waals surface area contributed by atoms with Crippen LogP contribution in [0.1, 0.15) is 19.8 Å². The Hall–Kier alpha value is -1.63. The number of carboxylic acids is 1. The molecule has 0 saturated carbocycles. The maximum atomic E-state index is 12.2. The van der Waals surface area contributed by atoms with Gasteiger partial charge in [0.2, 0.25) is 11.8 Å². The highest BCUT2D eigenvalue weighted by atomic mass is 16.5. The van der Waals surface area contributed by atoms with Gasteiger partial charge in [-0.3, -0.25) is 14.4 Å². The second-order valence-corrected chi connectivity index (χ2v) is 5.10. The highest BCUT2D eigenvalue weighted by Gasteiger charge is 2.35. The number of rotatable bonds is 5. The Morgan fingerprint density at radius 2 is 2.05 bits per heavy atom. The second kappa shape index (κ2) is 7.23. The van der Waals surface area contributed by atoms with Crippen molar-refractivity contribution in [1.82, 2.24) is 9.80 Å². The van der Waals surface area contributed by atoms with Crippen LogP contribution in [0.5, 0.6) is 0 Å². The molecule has 1 N–H and O–H groups in total. The van der Waals surface area contributed by atoms with Crippen LogP contribution in [0.15, 0.2) is 0 Å². The number of carbonyl (C=O) groups is 3. The molecule has 0 aromatic heterocycles. The van der Waals surface area contributed by atoms with Gasteiger partial charge in [0.25, 0.3) is 0 Å². The average molecular weight is 286 g/mol. The van der Waals surface area contributed by atoms with Crippen molar-refractivity contribution in [2.75, 3.05) is 33.9 Å². The Bertz CT molecular complexity index is 385. The number of likely N-dealkylation sites (N-methyl/N-ethyl adjacent to an activating group) is 1. The van der Waals surface area contributed by atoms with Crippen LogP contribution in [0, 0.1) is 5.92 Å². The monoisotopic (exact) mass is 286 g/mol. The van der Waals surface area contributed by atoms with Gasteiger partial charge < -0.3 is 19.6 Å². The van der Waals surface area contributed by atoms with Gasteiger partial charge in [0.05, 0.1) is 12.5 Å². The number of aliphatic carboxylic acids is 1. The molecule has 1 aliphatic heterocycles. The van der Waals surface area contributed by atoms with Crippen molar-refractivity contribution in [3.63, 3.8) is 0 Å². The minimum absolute atomic E-state index is 0.0567. The number of ether oxygens (including phenoxy) is 1. The van der Waals surface area contributed by atoms with E-state index in [1.165, 1.54) is 19.1 Å². The fourth-order valence-electron chi connectivity index (χ4n) is 2.44. The van der Waals surface area contributed by atoms with Crippen LogP contribution in [0.25, 0.3) is 0 Å². The maximum Gasteiger partial charge on any atom is 0.308 e. The average Bonchev–Trinajstić information content (AvgIpc) is 2.38. The van der Waals surface area contributed by atoms with Crippen LogP contribution in [0.4, 0.5) is 0 Å². The van der Waals surface area contributed by atoms with E-state index in [1.54, 1.807) is 11.8 Å². The van der Waals surface area contributed by atoms with E-state index in [0.717, 1.165) is 0 Å².